The molecular formula is C15H24N6O. The fraction of sp³-hybridized carbons (Fsp3) is 0.667. The summed E-state index contributed by atoms with van der Waals surface area (Å²) in [6.45, 7) is 9.58. The Bertz CT molecular complexity index is 605. The average molecular weight is 304 g/mol. The van der Waals surface area contributed by atoms with Crippen molar-refractivity contribution < 1.29 is 4.74 Å². The number of nitrogens with one attached hydrogen (secondary N) is 1. The van der Waals surface area contributed by atoms with Crippen molar-refractivity contribution in [3.63, 3.8) is 0 Å². The molecule has 1 atom stereocenters. The smallest absolute Gasteiger partial charge is 0.180 e. The van der Waals surface area contributed by atoms with Crippen LogP contribution in [-0.4, -0.2) is 49.6 Å². The van der Waals surface area contributed by atoms with Gasteiger partial charge in [-0.1, -0.05) is 6.92 Å². The predicted octanol–water partition coefficient (Wildman–Crippen LogP) is 1.72. The van der Waals surface area contributed by atoms with Gasteiger partial charge in [-0.2, -0.15) is 10.2 Å². The van der Waals surface area contributed by atoms with Gasteiger partial charge < -0.3 is 4.74 Å². The van der Waals surface area contributed by atoms with Gasteiger partial charge >= 0.3 is 0 Å². The number of ether oxygens (including phenoxy) is 1. The molecule has 2 aromatic heterocycles. The molecule has 0 spiro atoms. The monoisotopic (exact) mass is 304 g/mol. The van der Waals surface area contributed by atoms with E-state index in [2.05, 4.69) is 52.0 Å². The van der Waals surface area contributed by atoms with Gasteiger partial charge in [0.25, 0.3) is 0 Å². The number of nitrogens with zero attached hydrogens (tertiary/aromatic N) is 5. The molecule has 1 saturated heterocycles. The summed E-state index contributed by atoms with van der Waals surface area (Å²) in [7, 11) is 0. The Hall–Kier alpha value is -1.73. The van der Waals surface area contributed by atoms with E-state index in [0.29, 0.717) is 12.6 Å². The molecule has 0 aromatic carbocycles. The predicted molar refractivity (Wildman–Crippen MR) is 82.3 cm³/mol. The quantitative estimate of drug-likeness (QED) is 0.910. The van der Waals surface area contributed by atoms with Crippen molar-refractivity contribution in [1.29, 1.82) is 0 Å². The summed E-state index contributed by atoms with van der Waals surface area (Å²) in [5.74, 6) is 1.67. The van der Waals surface area contributed by atoms with Gasteiger partial charge in [0.15, 0.2) is 5.82 Å². The molecule has 0 bridgehead atoms. The van der Waals surface area contributed by atoms with Crippen LogP contribution >= 0.6 is 0 Å². The van der Waals surface area contributed by atoms with Crippen LogP contribution in [0.15, 0.2) is 12.3 Å². The highest BCUT2D eigenvalue weighted by atomic mass is 16.5. The maximum Gasteiger partial charge on any atom is 0.180 e. The van der Waals surface area contributed by atoms with Crippen molar-refractivity contribution in [2.75, 3.05) is 19.7 Å². The summed E-state index contributed by atoms with van der Waals surface area (Å²) in [5.41, 5.74) is 1.10. The molecule has 120 valence electrons. The average Bonchev–Trinajstić information content (AvgIpc) is 3.16. The zero-order chi connectivity index (χ0) is 15.5. The van der Waals surface area contributed by atoms with Crippen LogP contribution in [0.5, 0.6) is 0 Å². The lowest BCUT2D eigenvalue weighted by Crippen LogP contribution is -2.38. The summed E-state index contributed by atoms with van der Waals surface area (Å²) in [4.78, 5) is 6.83. The third-order valence-electron chi connectivity index (χ3n) is 3.90. The molecular weight excluding hydrogens is 280 g/mol. The van der Waals surface area contributed by atoms with Gasteiger partial charge in [0.2, 0.25) is 0 Å². The van der Waals surface area contributed by atoms with Crippen LogP contribution in [0.25, 0.3) is 0 Å². The second kappa shape index (κ2) is 6.58. The molecule has 7 nitrogen and oxygen atoms in total. The molecule has 2 aromatic rings. The van der Waals surface area contributed by atoms with E-state index < -0.39 is 0 Å². The molecule has 1 N–H and O–H groups in total. The number of hydrogen-bond donors (Lipinski definition) is 1. The molecule has 3 heterocycles. The molecule has 0 radical (unpaired) electrons. The second-order valence-electron chi connectivity index (χ2n) is 5.97. The minimum absolute atomic E-state index is 0.0579. The zero-order valence-electron chi connectivity index (χ0n) is 13.5. The third-order valence-corrected chi connectivity index (χ3v) is 3.90. The van der Waals surface area contributed by atoms with Gasteiger partial charge in [0.1, 0.15) is 11.9 Å². The van der Waals surface area contributed by atoms with Crippen molar-refractivity contribution in [2.24, 2.45) is 0 Å². The van der Waals surface area contributed by atoms with Crippen LogP contribution in [0.1, 0.15) is 50.3 Å². The topological polar surface area (TPSA) is 71.9 Å². The maximum absolute atomic E-state index is 5.82. The van der Waals surface area contributed by atoms with E-state index in [0.717, 1.165) is 43.4 Å². The first kappa shape index (κ1) is 15.2. The first-order chi connectivity index (χ1) is 10.7. The van der Waals surface area contributed by atoms with Crippen molar-refractivity contribution >= 4 is 0 Å². The van der Waals surface area contributed by atoms with Gasteiger partial charge in [-0.25, -0.2) is 4.98 Å². The van der Waals surface area contributed by atoms with Crippen LogP contribution in [0.4, 0.5) is 0 Å². The molecule has 0 amide bonds. The molecule has 3 rings (SSSR count). The zero-order valence-corrected chi connectivity index (χ0v) is 13.5. The molecule has 0 saturated carbocycles. The van der Waals surface area contributed by atoms with Crippen molar-refractivity contribution in [1.82, 2.24) is 29.9 Å². The number of morpholine rings is 1. The van der Waals surface area contributed by atoms with Crippen LogP contribution in [0.3, 0.4) is 0 Å². The number of H-pyrrole nitrogens is 1. The number of rotatable bonds is 5. The van der Waals surface area contributed by atoms with Crippen LogP contribution in [0, 0.1) is 0 Å². The second-order valence-corrected chi connectivity index (χ2v) is 5.97. The van der Waals surface area contributed by atoms with Crippen molar-refractivity contribution in [2.45, 2.75) is 45.9 Å². The fourth-order valence-corrected chi connectivity index (χ4v) is 2.59. The van der Waals surface area contributed by atoms with E-state index in [1.165, 1.54) is 0 Å². The van der Waals surface area contributed by atoms with Gasteiger partial charge in [0, 0.05) is 38.3 Å². The van der Waals surface area contributed by atoms with Crippen molar-refractivity contribution in [3.05, 3.63) is 29.6 Å². The van der Waals surface area contributed by atoms with E-state index in [1.54, 1.807) is 0 Å². The summed E-state index contributed by atoms with van der Waals surface area (Å²) >= 11 is 0. The fourth-order valence-electron chi connectivity index (χ4n) is 2.59. The minimum atomic E-state index is -0.0579. The van der Waals surface area contributed by atoms with Crippen LogP contribution in [-0.2, 0) is 17.7 Å². The lowest BCUT2D eigenvalue weighted by molar-refractivity contribution is -0.0374. The number of hydrogen-bond acceptors (Lipinski definition) is 5. The lowest BCUT2D eigenvalue weighted by atomic mass is 10.2. The molecule has 22 heavy (non-hydrogen) atoms. The summed E-state index contributed by atoms with van der Waals surface area (Å²) in [6.07, 6.45) is 2.84. The van der Waals surface area contributed by atoms with Crippen LogP contribution in [0.2, 0.25) is 0 Å². The molecule has 0 unspecified atom stereocenters. The summed E-state index contributed by atoms with van der Waals surface area (Å²) in [6, 6.07) is 2.49. The summed E-state index contributed by atoms with van der Waals surface area (Å²) in [5, 5.41) is 11.8. The first-order valence-corrected chi connectivity index (χ1v) is 7.95. The largest absolute Gasteiger partial charge is 0.367 e. The van der Waals surface area contributed by atoms with E-state index in [9.17, 15) is 0 Å². The molecule has 7 heteroatoms. The van der Waals surface area contributed by atoms with Gasteiger partial charge in [-0.05, 0) is 19.9 Å². The Labute approximate surface area is 130 Å². The Morgan fingerprint density at radius 1 is 1.45 bits per heavy atom. The van der Waals surface area contributed by atoms with Gasteiger partial charge in [-0.15, -0.1) is 0 Å². The minimum Gasteiger partial charge on any atom is -0.367 e. The number of aromatic nitrogens is 5. The van der Waals surface area contributed by atoms with E-state index >= 15 is 0 Å². The Morgan fingerprint density at radius 2 is 2.32 bits per heavy atom. The molecule has 1 aliphatic rings. The maximum atomic E-state index is 5.82. The highest BCUT2D eigenvalue weighted by Gasteiger charge is 2.25. The standard InChI is InChI=1S/C15H24N6O/c1-4-14-16-15(18-17-14)13-10-20(7-8-22-13)9-12-5-6-21(19-12)11(2)3/h5-6,11,13H,4,7-10H2,1-3H3,(H,16,17,18)/t13-/m0/s1. The Kier molecular flexibility index (Phi) is 4.54. The van der Waals surface area contributed by atoms with Crippen LogP contribution < -0.4 is 0 Å². The Balaban J connectivity index is 1.62. The molecule has 0 aliphatic carbocycles. The van der Waals surface area contributed by atoms with Gasteiger partial charge in [-0.3, -0.25) is 14.7 Å². The number of aromatic amines is 1. The van der Waals surface area contributed by atoms with Gasteiger partial charge in [0.05, 0.1) is 12.3 Å². The van der Waals surface area contributed by atoms with E-state index in [-0.39, 0.29) is 6.10 Å². The number of aryl methyl sites for hydroxylation is 1. The summed E-state index contributed by atoms with van der Waals surface area (Å²) < 4.78 is 7.82. The van der Waals surface area contributed by atoms with Crippen molar-refractivity contribution in [3.8, 4) is 0 Å². The Morgan fingerprint density at radius 3 is 3.00 bits per heavy atom. The molecule has 1 aliphatic heterocycles. The van der Waals surface area contributed by atoms with E-state index in [1.807, 2.05) is 10.9 Å². The lowest BCUT2D eigenvalue weighted by Gasteiger charge is -2.30. The third kappa shape index (κ3) is 3.36. The highest BCUT2D eigenvalue weighted by Crippen LogP contribution is 2.20. The first-order valence-electron chi connectivity index (χ1n) is 7.95. The van der Waals surface area contributed by atoms with E-state index in [4.69, 9.17) is 4.74 Å². The SMILES string of the molecule is CCc1nc([C@@H]2CN(Cc3ccn(C(C)C)n3)CCO2)n[nH]1. The normalized spacial score (nSPS) is 19.9. The molecule has 1 fully saturated rings. The highest BCUT2D eigenvalue weighted by molar-refractivity contribution is 5.01.